The lowest BCUT2D eigenvalue weighted by Crippen LogP contribution is -2.23. The van der Waals surface area contributed by atoms with Crippen LogP contribution in [0, 0.1) is 0 Å². The largest absolute Gasteiger partial charge is 0.434 e. The zero-order chi connectivity index (χ0) is 15.9. The second-order valence-corrected chi connectivity index (χ2v) is 5.38. The van der Waals surface area contributed by atoms with Crippen molar-refractivity contribution >= 4 is 5.78 Å². The smallest absolute Gasteiger partial charge is 0.347 e. The van der Waals surface area contributed by atoms with E-state index in [2.05, 4.69) is 9.97 Å². The number of nitrogens with one attached hydrogen (secondary N) is 1. The van der Waals surface area contributed by atoms with Gasteiger partial charge in [-0.15, -0.1) is 0 Å². The first kappa shape index (κ1) is 14.8. The minimum Gasteiger partial charge on any atom is -0.347 e. The number of hydrogen-bond acceptors (Lipinski definition) is 3. The van der Waals surface area contributed by atoms with Crippen LogP contribution in [0.5, 0.6) is 0 Å². The fourth-order valence-corrected chi connectivity index (χ4v) is 2.76. The molecule has 116 valence electrons. The zero-order valence-corrected chi connectivity index (χ0v) is 11.8. The number of ketones is 1. The van der Waals surface area contributed by atoms with Crippen molar-refractivity contribution in [2.75, 3.05) is 7.05 Å². The molecule has 1 unspecified atom stereocenters. The van der Waals surface area contributed by atoms with Gasteiger partial charge in [-0.3, -0.25) is 9.69 Å². The summed E-state index contributed by atoms with van der Waals surface area (Å²) in [6.45, 7) is 0.211. The van der Waals surface area contributed by atoms with E-state index in [1.165, 1.54) is 0 Å². The number of rotatable bonds is 3. The monoisotopic (exact) mass is 309 g/mol. The predicted molar refractivity (Wildman–Crippen MR) is 73.2 cm³/mol. The zero-order valence-electron chi connectivity index (χ0n) is 11.8. The number of Topliss-reactive ketones (excluding diaryl/α,β-unsaturated/α-hetero) is 1. The van der Waals surface area contributed by atoms with Crippen molar-refractivity contribution < 1.29 is 18.0 Å². The second kappa shape index (κ2) is 5.24. The highest BCUT2D eigenvalue weighted by atomic mass is 19.4. The van der Waals surface area contributed by atoms with Crippen LogP contribution in [0.3, 0.4) is 0 Å². The summed E-state index contributed by atoms with van der Waals surface area (Å²) < 4.78 is 37.6. The number of benzene rings is 1. The quantitative estimate of drug-likeness (QED) is 0.947. The standard InChI is InChI=1S/C15H14F3N3O/c1-21(8-14-19-7-13(20-14)15(16,17)18)11-6-12(22)10-5-3-2-4-9(10)11/h2-5,7,11H,6,8H2,1H3,(H,19,20). The molecule has 1 heterocycles. The van der Waals surface area contributed by atoms with E-state index in [0.29, 0.717) is 12.0 Å². The van der Waals surface area contributed by atoms with Crippen LogP contribution in [0.4, 0.5) is 13.2 Å². The molecule has 4 nitrogen and oxygen atoms in total. The average Bonchev–Trinajstić information content (AvgIpc) is 3.04. The van der Waals surface area contributed by atoms with Crippen molar-refractivity contribution in [2.24, 2.45) is 0 Å². The van der Waals surface area contributed by atoms with Crippen LogP contribution in [0.2, 0.25) is 0 Å². The molecule has 22 heavy (non-hydrogen) atoms. The molecule has 0 saturated carbocycles. The van der Waals surface area contributed by atoms with Gasteiger partial charge in [-0.25, -0.2) is 4.98 Å². The van der Waals surface area contributed by atoms with Crippen LogP contribution in [0.15, 0.2) is 30.5 Å². The van der Waals surface area contributed by atoms with Crippen molar-refractivity contribution in [2.45, 2.75) is 25.2 Å². The Morgan fingerprint density at radius 2 is 2.09 bits per heavy atom. The van der Waals surface area contributed by atoms with Gasteiger partial charge in [0.1, 0.15) is 5.82 Å². The topological polar surface area (TPSA) is 49.0 Å². The molecule has 1 N–H and O–H groups in total. The van der Waals surface area contributed by atoms with Crippen molar-refractivity contribution in [3.8, 4) is 0 Å². The molecular weight excluding hydrogens is 295 g/mol. The van der Waals surface area contributed by atoms with E-state index in [9.17, 15) is 18.0 Å². The van der Waals surface area contributed by atoms with Crippen LogP contribution in [0.25, 0.3) is 0 Å². The molecule has 7 heteroatoms. The number of aromatic nitrogens is 2. The number of nitrogens with zero attached hydrogens (tertiary/aromatic N) is 2. The molecule has 2 aromatic rings. The first-order valence-electron chi connectivity index (χ1n) is 6.80. The Labute approximate surface area is 125 Å². The van der Waals surface area contributed by atoms with E-state index in [4.69, 9.17) is 0 Å². The Balaban J connectivity index is 1.77. The van der Waals surface area contributed by atoms with E-state index in [1.807, 2.05) is 17.0 Å². The van der Waals surface area contributed by atoms with E-state index in [1.54, 1.807) is 19.2 Å². The Hall–Kier alpha value is -2.15. The number of hydrogen-bond donors (Lipinski definition) is 1. The lowest BCUT2D eigenvalue weighted by atomic mass is 10.1. The molecule has 0 saturated heterocycles. The number of aromatic amines is 1. The van der Waals surface area contributed by atoms with Gasteiger partial charge >= 0.3 is 6.18 Å². The summed E-state index contributed by atoms with van der Waals surface area (Å²) in [5, 5.41) is 0. The average molecular weight is 309 g/mol. The summed E-state index contributed by atoms with van der Waals surface area (Å²) in [4.78, 5) is 19.9. The molecule has 0 bridgehead atoms. The van der Waals surface area contributed by atoms with Crippen LogP contribution in [-0.4, -0.2) is 27.7 Å². The molecule has 1 atom stereocenters. The molecule has 0 spiro atoms. The summed E-state index contributed by atoms with van der Waals surface area (Å²) in [6, 6.07) is 7.18. The fourth-order valence-electron chi connectivity index (χ4n) is 2.76. The van der Waals surface area contributed by atoms with Gasteiger partial charge in [0.15, 0.2) is 11.5 Å². The lowest BCUT2D eigenvalue weighted by Gasteiger charge is -2.23. The van der Waals surface area contributed by atoms with Crippen LogP contribution in [0.1, 0.15) is 39.9 Å². The number of halogens is 3. The Bertz CT molecular complexity index is 708. The van der Waals surface area contributed by atoms with Gasteiger partial charge in [-0.05, 0) is 12.6 Å². The van der Waals surface area contributed by atoms with Crippen molar-refractivity contribution in [3.63, 3.8) is 0 Å². The lowest BCUT2D eigenvalue weighted by molar-refractivity contribution is -0.141. The van der Waals surface area contributed by atoms with Gasteiger partial charge in [-0.2, -0.15) is 13.2 Å². The van der Waals surface area contributed by atoms with Gasteiger partial charge in [0.05, 0.1) is 6.54 Å². The third-order valence-electron chi connectivity index (χ3n) is 3.85. The number of fused-ring (bicyclic) bond motifs is 1. The van der Waals surface area contributed by atoms with Gasteiger partial charge in [0.25, 0.3) is 0 Å². The van der Waals surface area contributed by atoms with Gasteiger partial charge in [0, 0.05) is 24.2 Å². The normalized spacial score (nSPS) is 18.0. The van der Waals surface area contributed by atoms with Gasteiger partial charge in [0.2, 0.25) is 0 Å². The number of H-pyrrole nitrogens is 1. The van der Waals surface area contributed by atoms with Crippen molar-refractivity contribution in [3.05, 3.63) is 53.1 Å². The maximum absolute atomic E-state index is 12.5. The fraction of sp³-hybridized carbons (Fsp3) is 0.333. The highest BCUT2D eigenvalue weighted by molar-refractivity contribution is 6.01. The molecule has 1 aromatic heterocycles. The second-order valence-electron chi connectivity index (χ2n) is 5.38. The first-order valence-corrected chi connectivity index (χ1v) is 6.80. The minimum atomic E-state index is -4.46. The highest BCUT2D eigenvalue weighted by Gasteiger charge is 2.35. The number of imidazole rings is 1. The number of carbonyl (C=O) groups excluding carboxylic acids is 1. The molecule has 0 fully saturated rings. The molecule has 1 aliphatic carbocycles. The Morgan fingerprint density at radius 3 is 2.77 bits per heavy atom. The van der Waals surface area contributed by atoms with Crippen molar-refractivity contribution in [1.29, 1.82) is 0 Å². The van der Waals surface area contributed by atoms with Crippen LogP contribution < -0.4 is 0 Å². The molecule has 3 rings (SSSR count). The summed E-state index contributed by atoms with van der Waals surface area (Å²) in [5.41, 5.74) is 0.672. The maximum atomic E-state index is 12.5. The third kappa shape index (κ3) is 2.64. The molecule has 0 amide bonds. The maximum Gasteiger partial charge on any atom is 0.434 e. The van der Waals surface area contributed by atoms with E-state index >= 15 is 0 Å². The van der Waals surface area contributed by atoms with Gasteiger partial charge < -0.3 is 4.98 Å². The molecular formula is C15H14F3N3O. The van der Waals surface area contributed by atoms with Crippen LogP contribution >= 0.6 is 0 Å². The number of carbonyl (C=O) groups is 1. The predicted octanol–water partition coefficient (Wildman–Crippen LogP) is 3.19. The third-order valence-corrected chi connectivity index (χ3v) is 3.85. The minimum absolute atomic E-state index is 0.0582. The molecule has 1 aliphatic rings. The summed E-state index contributed by atoms with van der Waals surface area (Å²) in [5.74, 6) is 0.287. The Kier molecular flexibility index (Phi) is 3.52. The van der Waals surface area contributed by atoms with Crippen LogP contribution in [-0.2, 0) is 12.7 Å². The summed E-state index contributed by atoms with van der Waals surface area (Å²) in [7, 11) is 1.77. The van der Waals surface area contributed by atoms with E-state index < -0.39 is 11.9 Å². The Morgan fingerprint density at radius 1 is 1.36 bits per heavy atom. The van der Waals surface area contributed by atoms with E-state index in [0.717, 1.165) is 11.8 Å². The summed E-state index contributed by atoms with van der Waals surface area (Å²) >= 11 is 0. The molecule has 1 aromatic carbocycles. The summed E-state index contributed by atoms with van der Waals surface area (Å²) in [6.07, 6.45) is -3.26. The van der Waals surface area contributed by atoms with Crippen molar-refractivity contribution in [1.82, 2.24) is 14.9 Å². The van der Waals surface area contributed by atoms with Gasteiger partial charge in [-0.1, -0.05) is 24.3 Å². The van der Waals surface area contributed by atoms with E-state index in [-0.39, 0.29) is 24.2 Å². The highest BCUT2D eigenvalue weighted by Crippen LogP contribution is 2.35. The molecule has 0 radical (unpaired) electrons. The molecule has 0 aliphatic heterocycles. The first-order chi connectivity index (χ1) is 10.4. The number of alkyl halides is 3. The SMILES string of the molecule is CN(Cc1nc(C(F)(F)F)c[nH]1)C1CC(=O)c2ccccc21.